The molecule has 4 nitrogen and oxygen atoms in total. The number of hydrogen-bond donors (Lipinski definition) is 0. The van der Waals surface area contributed by atoms with Gasteiger partial charge in [-0.2, -0.15) is 10.2 Å². The average Bonchev–Trinajstić information content (AvgIpc) is 3.01. The maximum absolute atomic E-state index is 13.1. The van der Waals surface area contributed by atoms with Gasteiger partial charge in [-0.3, -0.25) is 0 Å². The monoisotopic (exact) mass is 247 g/mol. The molecule has 0 N–H and O–H groups in total. The van der Waals surface area contributed by atoms with E-state index in [1.807, 2.05) is 0 Å². The SMILES string of the molecule is N#CC1CC1c1nc(-c2ccc(F)c(F)c2)no1. The van der Waals surface area contributed by atoms with Gasteiger partial charge in [0.15, 0.2) is 11.6 Å². The third kappa shape index (κ3) is 1.74. The first kappa shape index (κ1) is 10.8. The molecule has 1 fully saturated rings. The number of benzene rings is 1. The van der Waals surface area contributed by atoms with Crippen molar-refractivity contribution in [1.82, 2.24) is 10.1 Å². The second kappa shape index (κ2) is 3.88. The van der Waals surface area contributed by atoms with Gasteiger partial charge in [0.2, 0.25) is 11.7 Å². The molecule has 0 radical (unpaired) electrons. The molecule has 18 heavy (non-hydrogen) atoms. The molecule has 0 bridgehead atoms. The van der Waals surface area contributed by atoms with Crippen LogP contribution in [0.3, 0.4) is 0 Å². The summed E-state index contributed by atoms with van der Waals surface area (Å²) in [4.78, 5) is 4.09. The first-order valence-electron chi connectivity index (χ1n) is 5.37. The molecule has 1 aliphatic carbocycles. The largest absolute Gasteiger partial charge is 0.339 e. The standard InChI is InChI=1S/C12H7F2N3O/c13-9-2-1-6(4-10(9)14)11-16-12(18-17-11)8-3-7(8)5-15/h1-2,4,7-8H,3H2. The van der Waals surface area contributed by atoms with Crippen LogP contribution in [0.5, 0.6) is 0 Å². The molecule has 6 heteroatoms. The highest BCUT2D eigenvalue weighted by molar-refractivity contribution is 5.54. The van der Waals surface area contributed by atoms with E-state index in [0.29, 0.717) is 17.9 Å². The lowest BCUT2D eigenvalue weighted by Crippen LogP contribution is -1.87. The molecule has 2 aromatic rings. The van der Waals surface area contributed by atoms with Crippen molar-refractivity contribution in [2.75, 3.05) is 0 Å². The fraction of sp³-hybridized carbons (Fsp3) is 0.250. The second-order valence-corrected chi connectivity index (χ2v) is 4.16. The van der Waals surface area contributed by atoms with E-state index in [2.05, 4.69) is 16.2 Å². The van der Waals surface area contributed by atoms with Gasteiger partial charge in [0.1, 0.15) is 0 Å². The zero-order chi connectivity index (χ0) is 12.7. The molecule has 0 aliphatic heterocycles. The Labute approximate surface area is 101 Å². The summed E-state index contributed by atoms with van der Waals surface area (Å²) >= 11 is 0. The van der Waals surface area contributed by atoms with E-state index in [0.717, 1.165) is 12.1 Å². The van der Waals surface area contributed by atoms with Gasteiger partial charge in [0, 0.05) is 5.56 Å². The van der Waals surface area contributed by atoms with Gasteiger partial charge >= 0.3 is 0 Å². The van der Waals surface area contributed by atoms with Crippen molar-refractivity contribution >= 4 is 0 Å². The third-order valence-electron chi connectivity index (χ3n) is 2.89. The van der Waals surface area contributed by atoms with Crippen LogP contribution < -0.4 is 0 Å². The molecule has 0 amide bonds. The molecule has 0 spiro atoms. The minimum Gasteiger partial charge on any atom is -0.339 e. The van der Waals surface area contributed by atoms with E-state index in [9.17, 15) is 8.78 Å². The predicted molar refractivity (Wildman–Crippen MR) is 56.1 cm³/mol. The zero-order valence-electron chi connectivity index (χ0n) is 9.10. The van der Waals surface area contributed by atoms with Crippen LogP contribution in [0.1, 0.15) is 18.2 Å². The number of nitrogens with zero attached hydrogens (tertiary/aromatic N) is 3. The van der Waals surface area contributed by atoms with Crippen LogP contribution in [0, 0.1) is 28.9 Å². The maximum Gasteiger partial charge on any atom is 0.231 e. The Morgan fingerprint density at radius 3 is 2.83 bits per heavy atom. The van der Waals surface area contributed by atoms with Crippen LogP contribution in [0.15, 0.2) is 22.7 Å². The molecule has 1 aromatic carbocycles. The van der Waals surface area contributed by atoms with Crippen molar-refractivity contribution in [2.24, 2.45) is 5.92 Å². The van der Waals surface area contributed by atoms with E-state index in [1.165, 1.54) is 6.07 Å². The normalized spacial score (nSPS) is 21.6. The summed E-state index contributed by atoms with van der Waals surface area (Å²) in [6.07, 6.45) is 0.704. The number of rotatable bonds is 2. The first-order valence-corrected chi connectivity index (χ1v) is 5.37. The van der Waals surface area contributed by atoms with Crippen LogP contribution in [-0.4, -0.2) is 10.1 Å². The quantitative estimate of drug-likeness (QED) is 0.818. The fourth-order valence-corrected chi connectivity index (χ4v) is 1.75. The summed E-state index contributed by atoms with van der Waals surface area (Å²) in [6.45, 7) is 0. The van der Waals surface area contributed by atoms with Crippen molar-refractivity contribution in [1.29, 1.82) is 5.26 Å². The summed E-state index contributed by atoms with van der Waals surface area (Å²) < 4.78 is 30.9. The second-order valence-electron chi connectivity index (χ2n) is 4.16. The molecule has 3 rings (SSSR count). The topological polar surface area (TPSA) is 62.7 Å². The smallest absolute Gasteiger partial charge is 0.231 e. The van der Waals surface area contributed by atoms with Gasteiger partial charge < -0.3 is 4.52 Å². The van der Waals surface area contributed by atoms with Gasteiger partial charge in [-0.05, 0) is 24.6 Å². The summed E-state index contributed by atoms with van der Waals surface area (Å²) in [5, 5.41) is 12.4. The molecule has 1 aromatic heterocycles. The maximum atomic E-state index is 13.1. The Morgan fingerprint density at radius 2 is 2.17 bits per heavy atom. The summed E-state index contributed by atoms with van der Waals surface area (Å²) in [7, 11) is 0. The van der Waals surface area contributed by atoms with E-state index in [4.69, 9.17) is 9.78 Å². The zero-order valence-corrected chi connectivity index (χ0v) is 9.10. The highest BCUT2D eigenvalue weighted by atomic mass is 19.2. The van der Waals surface area contributed by atoms with Gasteiger partial charge in [-0.15, -0.1) is 0 Å². The number of halogens is 2. The molecule has 2 atom stereocenters. The van der Waals surface area contributed by atoms with Crippen LogP contribution >= 0.6 is 0 Å². The Bertz CT molecular complexity index is 647. The molecule has 0 saturated heterocycles. The van der Waals surface area contributed by atoms with Gasteiger partial charge in [-0.1, -0.05) is 5.16 Å². The lowest BCUT2D eigenvalue weighted by Gasteiger charge is -1.95. The van der Waals surface area contributed by atoms with Crippen molar-refractivity contribution in [3.63, 3.8) is 0 Å². The van der Waals surface area contributed by atoms with Crippen molar-refractivity contribution < 1.29 is 13.3 Å². The highest BCUT2D eigenvalue weighted by Crippen LogP contribution is 2.46. The first-order chi connectivity index (χ1) is 8.69. The van der Waals surface area contributed by atoms with E-state index >= 15 is 0 Å². The number of hydrogen-bond acceptors (Lipinski definition) is 4. The lowest BCUT2D eigenvalue weighted by atomic mass is 10.2. The molecule has 1 heterocycles. The van der Waals surface area contributed by atoms with Crippen LogP contribution in [0.4, 0.5) is 8.78 Å². The molecule has 2 unspecified atom stereocenters. The Balaban J connectivity index is 1.89. The van der Waals surface area contributed by atoms with Crippen LogP contribution in [0.25, 0.3) is 11.4 Å². The minimum absolute atomic E-state index is 0.0263. The molecule has 90 valence electrons. The number of aromatic nitrogens is 2. The highest BCUT2D eigenvalue weighted by Gasteiger charge is 2.43. The summed E-state index contributed by atoms with van der Waals surface area (Å²) in [6, 6.07) is 5.51. The molecule has 1 saturated carbocycles. The van der Waals surface area contributed by atoms with Gasteiger partial charge in [0.25, 0.3) is 0 Å². The van der Waals surface area contributed by atoms with E-state index in [-0.39, 0.29) is 17.7 Å². The summed E-state index contributed by atoms with van der Waals surface area (Å²) in [5.41, 5.74) is 0.345. The molecular formula is C12H7F2N3O. The van der Waals surface area contributed by atoms with Gasteiger partial charge in [0.05, 0.1) is 17.9 Å². The van der Waals surface area contributed by atoms with E-state index in [1.54, 1.807) is 0 Å². The lowest BCUT2D eigenvalue weighted by molar-refractivity contribution is 0.378. The fourth-order valence-electron chi connectivity index (χ4n) is 1.75. The average molecular weight is 247 g/mol. The van der Waals surface area contributed by atoms with Crippen molar-refractivity contribution in [3.05, 3.63) is 35.7 Å². The Kier molecular flexibility index (Phi) is 2.33. The third-order valence-corrected chi connectivity index (χ3v) is 2.89. The van der Waals surface area contributed by atoms with Crippen molar-refractivity contribution in [2.45, 2.75) is 12.3 Å². The van der Waals surface area contributed by atoms with E-state index < -0.39 is 11.6 Å². The van der Waals surface area contributed by atoms with Gasteiger partial charge in [-0.25, -0.2) is 8.78 Å². The molecule has 1 aliphatic rings. The predicted octanol–water partition coefficient (Wildman–Crippen LogP) is 2.64. The van der Waals surface area contributed by atoms with Crippen molar-refractivity contribution in [3.8, 4) is 17.5 Å². The Morgan fingerprint density at radius 1 is 1.33 bits per heavy atom. The van der Waals surface area contributed by atoms with Crippen LogP contribution in [0.2, 0.25) is 0 Å². The minimum atomic E-state index is -0.958. The number of nitriles is 1. The Hall–Kier alpha value is -2.29. The summed E-state index contributed by atoms with van der Waals surface area (Å²) in [5.74, 6) is -1.41. The van der Waals surface area contributed by atoms with Crippen LogP contribution in [-0.2, 0) is 0 Å². The molecular weight excluding hydrogens is 240 g/mol.